The summed E-state index contributed by atoms with van der Waals surface area (Å²) in [6, 6.07) is 32.4. The summed E-state index contributed by atoms with van der Waals surface area (Å²) >= 11 is 0. The molecule has 0 fully saturated rings. The first-order valence-corrected chi connectivity index (χ1v) is 13.9. The van der Waals surface area contributed by atoms with Crippen LogP contribution >= 0.6 is 7.26 Å². The van der Waals surface area contributed by atoms with Gasteiger partial charge in [-0.15, -0.1) is 0 Å². The molecular weight excluding hydrogens is 442 g/mol. The van der Waals surface area contributed by atoms with Crippen LogP contribution in [0.25, 0.3) is 0 Å². The molecule has 5 nitrogen and oxygen atoms in total. The number of benzene rings is 3. The molecule has 0 bridgehead atoms. The Morgan fingerprint density at radius 3 is 1.74 bits per heavy atom. The van der Waals surface area contributed by atoms with E-state index in [9.17, 15) is 9.59 Å². The molecule has 1 amide bonds. The van der Waals surface area contributed by atoms with Crippen molar-refractivity contribution >= 4 is 42.7 Å². The first-order valence-electron chi connectivity index (χ1n) is 11.7. The van der Waals surface area contributed by atoms with Gasteiger partial charge in [0.15, 0.2) is 0 Å². The topological polar surface area (TPSA) is 49.9 Å². The molecule has 3 aromatic rings. The number of hydrogen-bond acceptors (Lipinski definition) is 4. The molecule has 0 aliphatic carbocycles. The van der Waals surface area contributed by atoms with E-state index in [1.54, 1.807) is 23.8 Å². The van der Waals surface area contributed by atoms with Crippen LogP contribution in [-0.2, 0) is 14.3 Å². The Kier molecular flexibility index (Phi) is 10.0. The first kappa shape index (κ1) is 25.8. The summed E-state index contributed by atoms with van der Waals surface area (Å²) in [5, 5.41) is 4.09. The molecule has 0 aromatic heterocycles. The van der Waals surface area contributed by atoms with Crippen molar-refractivity contribution in [2.75, 3.05) is 46.6 Å². The van der Waals surface area contributed by atoms with Gasteiger partial charge in [-0.05, 0) is 0 Å². The molecule has 0 spiro atoms. The van der Waals surface area contributed by atoms with Gasteiger partial charge in [0.1, 0.15) is 0 Å². The molecular formula is C27H34BN2O3P. The fourth-order valence-corrected chi connectivity index (χ4v) is 8.90. The molecule has 7 heteroatoms. The number of amides is 1. The van der Waals surface area contributed by atoms with Crippen LogP contribution in [0.4, 0.5) is 0 Å². The van der Waals surface area contributed by atoms with E-state index in [0.717, 1.165) is 12.3 Å². The van der Waals surface area contributed by atoms with E-state index in [-0.39, 0.29) is 19.9 Å². The molecule has 0 radical (unpaired) electrons. The van der Waals surface area contributed by atoms with E-state index in [4.69, 9.17) is 4.74 Å². The van der Waals surface area contributed by atoms with Crippen LogP contribution in [0.5, 0.6) is 0 Å². The van der Waals surface area contributed by atoms with Crippen LogP contribution in [0.15, 0.2) is 91.0 Å². The molecule has 34 heavy (non-hydrogen) atoms. The third-order valence-corrected chi connectivity index (χ3v) is 11.1. The standard InChI is InChI=1S/C27H34BN2O3P/c1-29(27(32)22-30(2)28-23-31)18-19-33-20-21-34(24-12-6-3-7-13-24,25-14-8-4-9-15-25)26-16-10-5-11-17-26/h3-17,23,28,34H,18-22H2,1-2H3. The summed E-state index contributed by atoms with van der Waals surface area (Å²) in [6.07, 6.45) is 1.71. The Bertz CT molecular complexity index is 925. The molecule has 0 heterocycles. The monoisotopic (exact) mass is 476 g/mol. The van der Waals surface area contributed by atoms with Gasteiger partial charge in [-0.25, -0.2) is 0 Å². The van der Waals surface area contributed by atoms with Gasteiger partial charge in [-0.2, -0.15) is 0 Å². The van der Waals surface area contributed by atoms with Crippen LogP contribution in [0.2, 0.25) is 0 Å². The summed E-state index contributed by atoms with van der Waals surface area (Å²) in [5.41, 5.74) is 0. The van der Waals surface area contributed by atoms with Crippen molar-refractivity contribution in [3.63, 3.8) is 0 Å². The Labute approximate surface area is 204 Å². The molecule has 0 unspecified atom stereocenters. The fraction of sp³-hybridized carbons (Fsp3) is 0.259. The van der Waals surface area contributed by atoms with Crippen molar-refractivity contribution in [2.45, 2.75) is 0 Å². The maximum atomic E-state index is 12.3. The zero-order chi connectivity index (χ0) is 24.2. The predicted octanol–water partition coefficient (Wildman–Crippen LogP) is 1.66. The quantitative estimate of drug-likeness (QED) is 0.163. The van der Waals surface area contributed by atoms with Crippen molar-refractivity contribution < 1.29 is 14.3 Å². The minimum atomic E-state index is -2.30. The van der Waals surface area contributed by atoms with Crippen molar-refractivity contribution in [1.29, 1.82) is 0 Å². The maximum absolute atomic E-state index is 12.3. The molecule has 0 aliphatic rings. The Balaban J connectivity index is 1.72. The number of ether oxygens (including phenoxy) is 1. The van der Waals surface area contributed by atoms with E-state index in [1.165, 1.54) is 15.9 Å². The summed E-state index contributed by atoms with van der Waals surface area (Å²) in [7, 11) is 1.49. The van der Waals surface area contributed by atoms with Gasteiger partial charge in [0.05, 0.1) is 0 Å². The Morgan fingerprint density at radius 1 is 0.824 bits per heavy atom. The summed E-state index contributed by atoms with van der Waals surface area (Å²) in [5.74, 6) is -0.0190. The Morgan fingerprint density at radius 2 is 1.29 bits per heavy atom. The van der Waals surface area contributed by atoms with Gasteiger partial charge in [0.25, 0.3) is 0 Å². The average Bonchev–Trinajstić information content (AvgIpc) is 2.88. The minimum absolute atomic E-state index is 0.0190. The van der Waals surface area contributed by atoms with Gasteiger partial charge in [-0.3, -0.25) is 0 Å². The van der Waals surface area contributed by atoms with Crippen molar-refractivity contribution in [3.8, 4) is 0 Å². The van der Waals surface area contributed by atoms with Crippen molar-refractivity contribution in [3.05, 3.63) is 91.0 Å². The van der Waals surface area contributed by atoms with Crippen LogP contribution in [0, 0.1) is 0 Å². The average molecular weight is 476 g/mol. The van der Waals surface area contributed by atoms with E-state index < -0.39 is 7.26 Å². The zero-order valence-electron chi connectivity index (χ0n) is 20.1. The summed E-state index contributed by atoms with van der Waals surface area (Å²) in [4.78, 5) is 26.3. The number of rotatable bonds is 13. The Hall–Kier alpha value is -2.79. The van der Waals surface area contributed by atoms with Gasteiger partial charge in [-0.1, -0.05) is 0 Å². The number of carbonyl (C=O) groups excluding carboxylic acids is 2. The molecule has 0 N–H and O–H groups in total. The van der Waals surface area contributed by atoms with E-state index in [0.29, 0.717) is 19.8 Å². The SMILES string of the molecule is CN(BC=O)CC(=O)N(C)CCOCC[PH](c1ccccc1)(c1ccccc1)c1ccccc1. The molecule has 0 atom stereocenters. The number of nitrogens with zero attached hydrogens (tertiary/aromatic N) is 2. The molecule has 0 saturated carbocycles. The van der Waals surface area contributed by atoms with E-state index in [1.807, 2.05) is 0 Å². The predicted molar refractivity (Wildman–Crippen MR) is 146 cm³/mol. The molecule has 3 rings (SSSR count). The second-order valence-electron chi connectivity index (χ2n) is 8.54. The molecule has 178 valence electrons. The number of likely N-dealkylation sites (N-methyl/N-ethyl adjacent to an activating group) is 2. The third-order valence-electron chi connectivity index (χ3n) is 6.21. The summed E-state index contributed by atoms with van der Waals surface area (Å²) in [6.45, 7) is 1.83. The fourth-order valence-electron chi connectivity index (χ4n) is 4.30. The first-order chi connectivity index (χ1) is 16.6. The van der Waals surface area contributed by atoms with Crippen LogP contribution in [-0.4, -0.2) is 75.8 Å². The normalized spacial score (nSPS) is 11.7. The van der Waals surface area contributed by atoms with Gasteiger partial charge in [0, 0.05) is 0 Å². The van der Waals surface area contributed by atoms with Crippen LogP contribution in [0.3, 0.4) is 0 Å². The zero-order valence-corrected chi connectivity index (χ0v) is 21.1. The van der Waals surface area contributed by atoms with Crippen LogP contribution < -0.4 is 15.9 Å². The third kappa shape index (κ3) is 6.63. The summed E-state index contributed by atoms with van der Waals surface area (Å²) < 4.78 is 6.10. The van der Waals surface area contributed by atoms with E-state index >= 15 is 0 Å². The number of carbonyl (C=O) groups is 2. The van der Waals surface area contributed by atoms with Crippen molar-refractivity contribution in [1.82, 2.24) is 9.71 Å². The van der Waals surface area contributed by atoms with Gasteiger partial charge < -0.3 is 0 Å². The number of hydrogen-bond donors (Lipinski definition) is 0. The van der Waals surface area contributed by atoms with Gasteiger partial charge in [0.2, 0.25) is 0 Å². The second kappa shape index (κ2) is 13.2. The van der Waals surface area contributed by atoms with Gasteiger partial charge >= 0.3 is 204 Å². The second-order valence-corrected chi connectivity index (χ2v) is 12.6. The van der Waals surface area contributed by atoms with E-state index in [2.05, 4.69) is 91.0 Å². The van der Waals surface area contributed by atoms with Crippen LogP contribution in [0.1, 0.15) is 0 Å². The molecule has 3 aromatic carbocycles. The molecule has 0 saturated heterocycles. The van der Waals surface area contributed by atoms with Crippen molar-refractivity contribution in [2.24, 2.45) is 0 Å². The molecule has 0 aliphatic heterocycles.